The highest BCUT2D eigenvalue weighted by atomic mass is 35.5. The minimum atomic E-state index is 0. The number of quaternary nitrogens is 2. The Morgan fingerprint density at radius 3 is 2.30 bits per heavy atom. The summed E-state index contributed by atoms with van der Waals surface area (Å²) < 4.78 is 5.47. The normalized spacial score (nSPS) is 17.9. The summed E-state index contributed by atoms with van der Waals surface area (Å²) in [6.07, 6.45) is 4.72. The Morgan fingerprint density at radius 2 is 1.67 bits per heavy atom. The topological polar surface area (TPSA) is 69.9 Å². The predicted octanol–water partition coefficient (Wildman–Crippen LogP) is -7.30. The van der Waals surface area contributed by atoms with Gasteiger partial charge in [-0.05, 0) is 25.3 Å². The Kier molecular flexibility index (Phi) is 12.7. The van der Waals surface area contributed by atoms with Gasteiger partial charge < -0.3 is 44.8 Å². The monoisotopic (exact) mass is 421 g/mol. The van der Waals surface area contributed by atoms with E-state index in [2.05, 4.69) is 17.0 Å². The maximum atomic E-state index is 12.5. The van der Waals surface area contributed by atoms with Crippen LogP contribution in [0.15, 0.2) is 24.3 Å². The standard InChI is InChI=1S/C19H29N3O2.2ClH.H2O/c1-24-18-8-4-3-7-17(18)21-13-15-22(16-14-21)19(23)9-12-20-10-5-2-6-11-20;;;/h3-4,7-8H,2,5-6,9-16H2,1H3;2*1H;1H2. The molecule has 6 nitrogen and oxygen atoms in total. The first-order valence-electron chi connectivity index (χ1n) is 9.37. The van der Waals surface area contributed by atoms with Crippen molar-refractivity contribution in [2.24, 2.45) is 0 Å². The Labute approximate surface area is 175 Å². The average molecular weight is 422 g/mol. The number of piperazine rings is 1. The van der Waals surface area contributed by atoms with Crippen LogP contribution in [-0.4, -0.2) is 69.2 Å². The van der Waals surface area contributed by atoms with Crippen molar-refractivity contribution in [3.63, 3.8) is 0 Å². The number of hydrogen-bond donors (Lipinski definition) is 2. The first-order chi connectivity index (χ1) is 11.8. The van der Waals surface area contributed by atoms with Crippen LogP contribution in [0, 0.1) is 0 Å². The summed E-state index contributed by atoms with van der Waals surface area (Å²) in [5, 5.41) is 0. The van der Waals surface area contributed by atoms with Gasteiger partial charge in [-0.15, -0.1) is 0 Å². The highest BCUT2D eigenvalue weighted by Crippen LogP contribution is 2.19. The van der Waals surface area contributed by atoms with Gasteiger partial charge in [-0.2, -0.15) is 0 Å². The van der Waals surface area contributed by atoms with Crippen LogP contribution in [0.1, 0.15) is 25.7 Å². The van der Waals surface area contributed by atoms with Gasteiger partial charge in [0, 0.05) is 6.07 Å². The van der Waals surface area contributed by atoms with E-state index >= 15 is 0 Å². The average Bonchev–Trinajstić information content (AvgIpc) is 2.67. The van der Waals surface area contributed by atoms with Crippen LogP contribution >= 0.6 is 0 Å². The summed E-state index contributed by atoms with van der Waals surface area (Å²) in [5.74, 6) is 1.29. The highest BCUT2D eigenvalue weighted by molar-refractivity contribution is 5.76. The third-order valence-corrected chi connectivity index (χ3v) is 5.46. The van der Waals surface area contributed by atoms with Gasteiger partial charge in [0.2, 0.25) is 5.91 Å². The van der Waals surface area contributed by atoms with Gasteiger partial charge in [-0.25, -0.2) is 0 Å². The van der Waals surface area contributed by atoms with E-state index in [1.165, 1.54) is 42.9 Å². The molecule has 1 amide bonds. The second-order valence-corrected chi connectivity index (χ2v) is 7.00. The molecule has 0 spiro atoms. The van der Waals surface area contributed by atoms with E-state index in [0.717, 1.165) is 38.5 Å². The fraction of sp³-hybridized carbons (Fsp3) is 0.632. The molecule has 2 aliphatic heterocycles. The van der Waals surface area contributed by atoms with Crippen molar-refractivity contribution in [1.82, 2.24) is 4.90 Å². The molecule has 3 rings (SSSR count). The number of benzene rings is 1. The van der Waals surface area contributed by atoms with Crippen LogP contribution in [0.3, 0.4) is 0 Å². The zero-order chi connectivity index (χ0) is 16.8. The second kappa shape index (κ2) is 13.2. The number of carbonyl (C=O) groups excluding carboxylic acids is 1. The minimum Gasteiger partial charge on any atom is -1.00 e. The summed E-state index contributed by atoms with van der Waals surface area (Å²) in [5.41, 5.74) is 1.21. The van der Waals surface area contributed by atoms with E-state index < -0.39 is 0 Å². The molecule has 1 aromatic rings. The summed E-state index contributed by atoms with van der Waals surface area (Å²) in [6, 6.07) is 8.21. The number of ether oxygens (including phenoxy) is 1. The van der Waals surface area contributed by atoms with E-state index in [1.54, 1.807) is 12.0 Å². The maximum absolute atomic E-state index is 12.5. The molecule has 2 saturated heterocycles. The molecule has 8 heteroatoms. The second-order valence-electron chi connectivity index (χ2n) is 7.00. The highest BCUT2D eigenvalue weighted by Gasteiger charge is 2.27. The van der Waals surface area contributed by atoms with Gasteiger partial charge in [0.25, 0.3) is 0 Å². The number of piperidine rings is 1. The smallest absolute Gasteiger partial charge is 0.228 e. The van der Waals surface area contributed by atoms with Crippen molar-refractivity contribution in [3.8, 4) is 5.75 Å². The molecule has 156 valence electrons. The Balaban J connectivity index is 0.00000225. The number of carbonyl (C=O) groups is 1. The van der Waals surface area contributed by atoms with Crippen LogP contribution < -0.4 is 39.4 Å². The third kappa shape index (κ3) is 7.12. The number of hydrogen-bond acceptors (Lipinski definition) is 2. The summed E-state index contributed by atoms with van der Waals surface area (Å²) in [4.78, 5) is 17.6. The minimum absolute atomic E-state index is 0. The van der Waals surface area contributed by atoms with Crippen molar-refractivity contribution >= 4 is 11.6 Å². The molecule has 2 aliphatic rings. The molecule has 1 aromatic carbocycles. The molecule has 0 aromatic heterocycles. The molecule has 0 unspecified atom stereocenters. The van der Waals surface area contributed by atoms with Crippen molar-refractivity contribution in [3.05, 3.63) is 24.3 Å². The molecule has 0 radical (unpaired) electrons. The van der Waals surface area contributed by atoms with Gasteiger partial charge in [0.15, 0.2) is 11.4 Å². The van der Waals surface area contributed by atoms with Crippen molar-refractivity contribution in [1.29, 1.82) is 0 Å². The number of rotatable bonds is 5. The number of para-hydroxylation sites is 2. The summed E-state index contributed by atoms with van der Waals surface area (Å²) in [6.45, 7) is 7.13. The van der Waals surface area contributed by atoms with E-state index in [1.807, 2.05) is 12.1 Å². The number of halogens is 2. The third-order valence-electron chi connectivity index (χ3n) is 5.46. The van der Waals surface area contributed by atoms with E-state index in [-0.39, 0.29) is 30.3 Å². The largest absolute Gasteiger partial charge is 1.00 e. The van der Waals surface area contributed by atoms with E-state index in [0.29, 0.717) is 12.3 Å². The number of methoxy groups -OCH3 is 1. The lowest BCUT2D eigenvalue weighted by Gasteiger charge is -2.33. The molecule has 0 aliphatic carbocycles. The molecular formula is C19H33Cl2N3O3. The lowest BCUT2D eigenvalue weighted by Crippen LogP contribution is -3.13. The van der Waals surface area contributed by atoms with Crippen LogP contribution in [0.5, 0.6) is 5.75 Å². The molecule has 4 N–H and O–H groups in total. The van der Waals surface area contributed by atoms with E-state index in [9.17, 15) is 4.79 Å². The lowest BCUT2D eigenvalue weighted by molar-refractivity contribution is -0.904. The van der Waals surface area contributed by atoms with Crippen LogP contribution in [0.4, 0.5) is 5.69 Å². The van der Waals surface area contributed by atoms with Gasteiger partial charge in [0.05, 0.1) is 59.3 Å². The van der Waals surface area contributed by atoms with Crippen molar-refractivity contribution in [2.75, 3.05) is 52.9 Å². The van der Waals surface area contributed by atoms with E-state index in [4.69, 9.17) is 4.74 Å². The van der Waals surface area contributed by atoms with Crippen LogP contribution in [0.25, 0.3) is 0 Å². The Bertz CT molecular complexity index is 549. The molecule has 2 heterocycles. The lowest BCUT2D eigenvalue weighted by atomic mass is 10.1. The fourth-order valence-electron chi connectivity index (χ4n) is 3.98. The summed E-state index contributed by atoms with van der Waals surface area (Å²) >= 11 is 0. The molecule has 0 atom stereocenters. The molecule has 0 bridgehead atoms. The van der Waals surface area contributed by atoms with Crippen molar-refractivity contribution < 1.29 is 49.6 Å². The van der Waals surface area contributed by atoms with Gasteiger partial charge in [-0.3, -0.25) is 9.69 Å². The van der Waals surface area contributed by atoms with Crippen LogP contribution in [0.2, 0.25) is 0 Å². The number of nitrogens with zero attached hydrogens (tertiary/aromatic N) is 1. The van der Waals surface area contributed by atoms with Crippen LogP contribution in [-0.2, 0) is 4.79 Å². The zero-order valence-electron chi connectivity index (χ0n) is 16.1. The Hall–Kier alpha value is -1.05. The number of nitrogens with one attached hydrogen (secondary N) is 2. The molecular weight excluding hydrogens is 389 g/mol. The van der Waals surface area contributed by atoms with Gasteiger partial charge in [0.1, 0.15) is 0 Å². The predicted molar refractivity (Wildman–Crippen MR) is 97.6 cm³/mol. The maximum Gasteiger partial charge on any atom is 0.228 e. The Morgan fingerprint density at radius 1 is 1.04 bits per heavy atom. The zero-order valence-corrected chi connectivity index (χ0v) is 17.6. The quantitative estimate of drug-likeness (QED) is 0.495. The molecule has 2 fully saturated rings. The van der Waals surface area contributed by atoms with Crippen molar-refractivity contribution in [2.45, 2.75) is 25.7 Å². The molecule has 0 saturated carbocycles. The number of amides is 1. The van der Waals surface area contributed by atoms with Gasteiger partial charge >= 0.3 is 0 Å². The SMILES string of the molecule is COc1ccccc1[NH+]1CCN(C(=O)CC[NH+]2CCCCC2)CC1.O.[Cl-].[Cl-]. The van der Waals surface area contributed by atoms with Gasteiger partial charge in [-0.1, -0.05) is 12.1 Å². The first-order valence-corrected chi connectivity index (χ1v) is 9.37. The molecule has 27 heavy (non-hydrogen) atoms. The fourth-order valence-corrected chi connectivity index (χ4v) is 3.98. The number of likely N-dealkylation sites (tertiary alicyclic amines) is 1. The first kappa shape index (κ1) is 26.0. The summed E-state index contributed by atoms with van der Waals surface area (Å²) in [7, 11) is 1.72.